The summed E-state index contributed by atoms with van der Waals surface area (Å²) in [6.45, 7) is 3.22. The highest BCUT2D eigenvalue weighted by Crippen LogP contribution is 2.19. The van der Waals surface area contributed by atoms with E-state index in [1.54, 1.807) is 19.1 Å². The average Bonchev–Trinajstić information content (AvgIpc) is 2.41. The molecule has 0 radical (unpaired) electrons. The zero-order valence-electron chi connectivity index (χ0n) is 10.6. The highest BCUT2D eigenvalue weighted by Gasteiger charge is 2.22. The molecule has 2 rings (SSSR count). The first-order valence-electron chi connectivity index (χ1n) is 6.04. The van der Waals surface area contributed by atoms with Gasteiger partial charge in [0.15, 0.2) is 0 Å². The van der Waals surface area contributed by atoms with Gasteiger partial charge in [0, 0.05) is 12.2 Å². The minimum Gasteiger partial charge on any atom is -0.478 e. The Morgan fingerprint density at radius 3 is 2.89 bits per heavy atom. The molecule has 6 heteroatoms. The topological polar surface area (TPSA) is 87.7 Å². The number of hydrogen-bond donors (Lipinski definition) is 3. The summed E-state index contributed by atoms with van der Waals surface area (Å²) < 4.78 is 5.22. The molecule has 1 fully saturated rings. The van der Waals surface area contributed by atoms with Gasteiger partial charge in [-0.25, -0.2) is 4.79 Å². The maximum Gasteiger partial charge on any atom is 0.336 e. The van der Waals surface area contributed by atoms with Crippen LogP contribution in [-0.4, -0.2) is 42.8 Å². The summed E-state index contributed by atoms with van der Waals surface area (Å²) in [5, 5.41) is 14.8. The number of aromatic carboxylic acids is 1. The first-order chi connectivity index (χ1) is 9.09. The van der Waals surface area contributed by atoms with Crippen LogP contribution in [-0.2, 0) is 9.53 Å². The van der Waals surface area contributed by atoms with E-state index in [-0.39, 0.29) is 11.5 Å². The highest BCUT2D eigenvalue weighted by atomic mass is 16.5. The van der Waals surface area contributed by atoms with Crippen LogP contribution in [0.15, 0.2) is 18.2 Å². The van der Waals surface area contributed by atoms with E-state index in [9.17, 15) is 9.59 Å². The number of carbonyl (C=O) groups is 2. The minimum absolute atomic E-state index is 0.186. The molecule has 0 spiro atoms. The molecule has 102 valence electrons. The van der Waals surface area contributed by atoms with Crippen molar-refractivity contribution < 1.29 is 19.4 Å². The van der Waals surface area contributed by atoms with Crippen LogP contribution in [0.4, 0.5) is 5.69 Å². The first-order valence-corrected chi connectivity index (χ1v) is 6.04. The molecule has 0 saturated carbocycles. The molecule has 1 heterocycles. The van der Waals surface area contributed by atoms with E-state index in [1.807, 2.05) is 0 Å². The fraction of sp³-hybridized carbons (Fsp3) is 0.385. The number of morpholine rings is 1. The molecule has 1 unspecified atom stereocenters. The predicted octanol–water partition coefficient (Wildman–Crippen LogP) is 0.620. The summed E-state index contributed by atoms with van der Waals surface area (Å²) >= 11 is 0. The molecule has 3 N–H and O–H groups in total. The Morgan fingerprint density at radius 2 is 2.26 bits per heavy atom. The number of ether oxygens (including phenoxy) is 1. The SMILES string of the molecule is Cc1c(NC(=O)C2COCCN2)cccc1C(=O)O. The lowest BCUT2D eigenvalue weighted by Crippen LogP contribution is -2.48. The van der Waals surface area contributed by atoms with E-state index in [1.165, 1.54) is 6.07 Å². The fourth-order valence-corrected chi connectivity index (χ4v) is 1.96. The van der Waals surface area contributed by atoms with Crippen LogP contribution in [0.3, 0.4) is 0 Å². The van der Waals surface area contributed by atoms with E-state index in [0.29, 0.717) is 31.0 Å². The number of nitrogens with one attached hydrogen (secondary N) is 2. The summed E-state index contributed by atoms with van der Waals surface area (Å²) in [7, 11) is 0. The molecule has 1 atom stereocenters. The van der Waals surface area contributed by atoms with Gasteiger partial charge in [0.05, 0.1) is 18.8 Å². The maximum atomic E-state index is 12.0. The molecule has 0 aliphatic carbocycles. The number of rotatable bonds is 3. The summed E-state index contributed by atoms with van der Waals surface area (Å²) in [6.07, 6.45) is 0. The van der Waals surface area contributed by atoms with Crippen molar-refractivity contribution in [1.29, 1.82) is 0 Å². The number of carbonyl (C=O) groups excluding carboxylic acids is 1. The lowest BCUT2D eigenvalue weighted by molar-refractivity contribution is -0.120. The van der Waals surface area contributed by atoms with E-state index >= 15 is 0 Å². The van der Waals surface area contributed by atoms with Crippen LogP contribution in [0.1, 0.15) is 15.9 Å². The smallest absolute Gasteiger partial charge is 0.336 e. The molecule has 1 aliphatic rings. The normalized spacial score (nSPS) is 18.9. The van der Waals surface area contributed by atoms with Crippen molar-refractivity contribution in [2.75, 3.05) is 25.1 Å². The molecule has 1 aromatic rings. The zero-order chi connectivity index (χ0) is 13.8. The van der Waals surface area contributed by atoms with Crippen molar-refractivity contribution >= 4 is 17.6 Å². The molecular formula is C13H16N2O4. The minimum atomic E-state index is -1.01. The van der Waals surface area contributed by atoms with Crippen LogP contribution < -0.4 is 10.6 Å². The van der Waals surface area contributed by atoms with Crippen LogP contribution >= 0.6 is 0 Å². The monoisotopic (exact) mass is 264 g/mol. The third kappa shape index (κ3) is 3.10. The first kappa shape index (κ1) is 13.5. The van der Waals surface area contributed by atoms with Crippen molar-refractivity contribution in [3.8, 4) is 0 Å². The number of carboxylic acids is 1. The van der Waals surface area contributed by atoms with E-state index in [2.05, 4.69) is 10.6 Å². The molecule has 0 aromatic heterocycles. The van der Waals surface area contributed by atoms with Gasteiger partial charge in [-0.3, -0.25) is 4.79 Å². The molecule has 1 aliphatic heterocycles. The highest BCUT2D eigenvalue weighted by molar-refractivity contribution is 5.98. The van der Waals surface area contributed by atoms with Gasteiger partial charge in [-0.15, -0.1) is 0 Å². The van der Waals surface area contributed by atoms with Crippen molar-refractivity contribution in [2.24, 2.45) is 0 Å². The Balaban J connectivity index is 2.12. The van der Waals surface area contributed by atoms with Crippen molar-refractivity contribution in [1.82, 2.24) is 5.32 Å². The Bertz CT molecular complexity index is 495. The zero-order valence-corrected chi connectivity index (χ0v) is 10.6. The Labute approximate surface area is 110 Å². The third-order valence-corrected chi connectivity index (χ3v) is 3.06. The summed E-state index contributed by atoms with van der Waals surface area (Å²) in [4.78, 5) is 23.0. The summed E-state index contributed by atoms with van der Waals surface area (Å²) in [5.41, 5.74) is 1.24. The van der Waals surface area contributed by atoms with E-state index < -0.39 is 12.0 Å². The lowest BCUT2D eigenvalue weighted by atomic mass is 10.1. The third-order valence-electron chi connectivity index (χ3n) is 3.06. The molecule has 1 saturated heterocycles. The van der Waals surface area contributed by atoms with Crippen LogP contribution in [0.5, 0.6) is 0 Å². The molecule has 1 aromatic carbocycles. The number of hydrogen-bond acceptors (Lipinski definition) is 4. The second-order valence-electron chi connectivity index (χ2n) is 4.35. The van der Waals surface area contributed by atoms with Gasteiger partial charge in [0.25, 0.3) is 0 Å². The lowest BCUT2D eigenvalue weighted by Gasteiger charge is -2.23. The fourth-order valence-electron chi connectivity index (χ4n) is 1.96. The van der Waals surface area contributed by atoms with Gasteiger partial charge in [0.2, 0.25) is 5.91 Å². The second-order valence-corrected chi connectivity index (χ2v) is 4.35. The molecule has 6 nitrogen and oxygen atoms in total. The van der Waals surface area contributed by atoms with Crippen LogP contribution in [0.25, 0.3) is 0 Å². The van der Waals surface area contributed by atoms with E-state index in [4.69, 9.17) is 9.84 Å². The van der Waals surface area contributed by atoms with Crippen molar-refractivity contribution in [3.05, 3.63) is 29.3 Å². The van der Waals surface area contributed by atoms with Crippen LogP contribution in [0.2, 0.25) is 0 Å². The van der Waals surface area contributed by atoms with Gasteiger partial charge in [-0.2, -0.15) is 0 Å². The van der Waals surface area contributed by atoms with Gasteiger partial charge < -0.3 is 20.5 Å². The molecule has 0 bridgehead atoms. The predicted molar refractivity (Wildman–Crippen MR) is 69.4 cm³/mol. The Kier molecular flexibility index (Phi) is 4.13. The average molecular weight is 264 g/mol. The van der Waals surface area contributed by atoms with Gasteiger partial charge in [-0.05, 0) is 24.6 Å². The quantitative estimate of drug-likeness (QED) is 0.745. The number of benzene rings is 1. The molecule has 1 amide bonds. The largest absolute Gasteiger partial charge is 0.478 e. The summed E-state index contributed by atoms with van der Waals surface area (Å²) in [5.74, 6) is -1.22. The number of anilines is 1. The van der Waals surface area contributed by atoms with Crippen molar-refractivity contribution in [2.45, 2.75) is 13.0 Å². The molecule has 19 heavy (non-hydrogen) atoms. The van der Waals surface area contributed by atoms with Crippen LogP contribution in [0, 0.1) is 6.92 Å². The number of carboxylic acid groups (broad SMARTS) is 1. The van der Waals surface area contributed by atoms with Gasteiger partial charge in [-0.1, -0.05) is 6.07 Å². The number of amides is 1. The maximum absolute atomic E-state index is 12.0. The van der Waals surface area contributed by atoms with Gasteiger partial charge >= 0.3 is 5.97 Å². The van der Waals surface area contributed by atoms with Gasteiger partial charge in [0.1, 0.15) is 6.04 Å². The van der Waals surface area contributed by atoms with E-state index in [0.717, 1.165) is 0 Å². The Morgan fingerprint density at radius 1 is 1.47 bits per heavy atom. The second kappa shape index (κ2) is 5.81. The summed E-state index contributed by atoms with van der Waals surface area (Å²) in [6, 6.07) is 4.40. The standard InChI is InChI=1S/C13H16N2O4/c1-8-9(13(17)18)3-2-4-10(8)15-12(16)11-7-19-6-5-14-11/h2-4,11,14H,5-7H2,1H3,(H,15,16)(H,17,18). The molecular weight excluding hydrogens is 248 g/mol. The Hall–Kier alpha value is -1.92. The van der Waals surface area contributed by atoms with Crippen molar-refractivity contribution in [3.63, 3.8) is 0 Å².